The second kappa shape index (κ2) is 7.50. The van der Waals surface area contributed by atoms with Gasteiger partial charge < -0.3 is 19.7 Å². The minimum atomic E-state index is -0.354. The second-order valence-electron chi connectivity index (χ2n) is 8.56. The van der Waals surface area contributed by atoms with Gasteiger partial charge in [-0.25, -0.2) is 14.4 Å². The normalized spacial score (nSPS) is 27.5. The van der Waals surface area contributed by atoms with E-state index in [2.05, 4.69) is 20.2 Å². The molecule has 3 heterocycles. The predicted molar refractivity (Wildman–Crippen MR) is 108 cm³/mol. The largest absolute Gasteiger partial charge is 0.469 e. The standard InChI is InChI=1S/C22H25FN4O3/c1-29-21(28)17-9-15(17)16-8-14(23)2-3-18(16)30-19-10-25-13-26-20(19)27-7-5-22(12-27)4-6-24-11-22/h2-3,8,10,13,15,17,24H,4-7,9,11-12H2,1H3. The summed E-state index contributed by atoms with van der Waals surface area (Å²) in [6.45, 7) is 3.93. The number of carbonyl (C=O) groups excluding carboxylic acids is 1. The molecule has 3 fully saturated rings. The Morgan fingerprint density at radius 3 is 3.03 bits per heavy atom. The van der Waals surface area contributed by atoms with Crippen molar-refractivity contribution in [2.45, 2.75) is 25.2 Å². The molecule has 1 aromatic carbocycles. The fourth-order valence-corrected chi connectivity index (χ4v) is 4.85. The maximum Gasteiger partial charge on any atom is 0.309 e. The Morgan fingerprint density at radius 1 is 1.33 bits per heavy atom. The summed E-state index contributed by atoms with van der Waals surface area (Å²) in [4.78, 5) is 22.8. The first kappa shape index (κ1) is 19.2. The summed E-state index contributed by atoms with van der Waals surface area (Å²) in [7, 11) is 1.37. The van der Waals surface area contributed by atoms with Gasteiger partial charge in [0.15, 0.2) is 11.6 Å². The Hall–Kier alpha value is -2.74. The van der Waals surface area contributed by atoms with Crippen LogP contribution in [-0.4, -0.2) is 49.2 Å². The SMILES string of the molecule is COC(=O)C1CC1c1cc(F)ccc1Oc1cncnc1N1CCC2(CCNC2)C1. The number of halogens is 1. The summed E-state index contributed by atoms with van der Waals surface area (Å²) < 4.78 is 25.0. The van der Waals surface area contributed by atoms with Crippen LogP contribution in [0.2, 0.25) is 0 Å². The maximum atomic E-state index is 14.0. The van der Waals surface area contributed by atoms with Gasteiger partial charge >= 0.3 is 5.97 Å². The number of carbonyl (C=O) groups is 1. The van der Waals surface area contributed by atoms with Gasteiger partial charge in [0.05, 0.1) is 19.2 Å². The highest BCUT2D eigenvalue weighted by Crippen LogP contribution is 2.52. The van der Waals surface area contributed by atoms with Crippen LogP contribution < -0.4 is 15.0 Å². The first-order chi connectivity index (χ1) is 14.6. The molecule has 1 aliphatic carbocycles. The smallest absolute Gasteiger partial charge is 0.309 e. The Kier molecular flexibility index (Phi) is 4.81. The molecule has 3 unspecified atom stereocenters. The zero-order valence-corrected chi connectivity index (χ0v) is 16.9. The predicted octanol–water partition coefficient (Wildman–Crippen LogP) is 2.87. The van der Waals surface area contributed by atoms with Gasteiger partial charge in [0.2, 0.25) is 0 Å². The lowest BCUT2D eigenvalue weighted by Crippen LogP contribution is -2.29. The van der Waals surface area contributed by atoms with Crippen molar-refractivity contribution in [1.29, 1.82) is 0 Å². The number of hydrogen-bond donors (Lipinski definition) is 1. The molecule has 7 nitrogen and oxygen atoms in total. The highest BCUT2D eigenvalue weighted by molar-refractivity contribution is 5.77. The first-order valence-corrected chi connectivity index (χ1v) is 10.4. The number of methoxy groups -OCH3 is 1. The van der Waals surface area contributed by atoms with Crippen molar-refractivity contribution in [3.05, 3.63) is 42.1 Å². The van der Waals surface area contributed by atoms with E-state index in [1.165, 1.54) is 32.0 Å². The van der Waals surface area contributed by atoms with Crippen LogP contribution in [0.3, 0.4) is 0 Å². The lowest BCUT2D eigenvalue weighted by Gasteiger charge is -2.24. The van der Waals surface area contributed by atoms with Crippen LogP contribution in [0.1, 0.15) is 30.7 Å². The van der Waals surface area contributed by atoms with E-state index in [0.29, 0.717) is 28.9 Å². The van der Waals surface area contributed by atoms with Crippen molar-refractivity contribution < 1.29 is 18.7 Å². The van der Waals surface area contributed by atoms with E-state index in [4.69, 9.17) is 9.47 Å². The van der Waals surface area contributed by atoms with Crippen LogP contribution in [0.25, 0.3) is 0 Å². The summed E-state index contributed by atoms with van der Waals surface area (Å²) in [5.41, 5.74) is 0.975. The fraction of sp³-hybridized carbons (Fsp3) is 0.500. The van der Waals surface area contributed by atoms with Crippen LogP contribution in [0, 0.1) is 17.2 Å². The number of esters is 1. The topological polar surface area (TPSA) is 76.6 Å². The van der Waals surface area contributed by atoms with E-state index in [1.54, 1.807) is 12.3 Å². The van der Waals surface area contributed by atoms with Crippen LogP contribution >= 0.6 is 0 Å². The van der Waals surface area contributed by atoms with E-state index in [9.17, 15) is 9.18 Å². The molecule has 0 amide bonds. The summed E-state index contributed by atoms with van der Waals surface area (Å²) in [5.74, 6) is 0.849. The molecule has 5 rings (SSSR count). The molecule has 1 aromatic heterocycles. The molecule has 158 valence electrons. The van der Waals surface area contributed by atoms with Gasteiger partial charge in [0, 0.05) is 36.5 Å². The van der Waals surface area contributed by atoms with Crippen LogP contribution in [-0.2, 0) is 9.53 Å². The van der Waals surface area contributed by atoms with Gasteiger partial charge in [0.1, 0.15) is 17.9 Å². The lowest BCUT2D eigenvalue weighted by atomic mass is 9.87. The van der Waals surface area contributed by atoms with E-state index in [-0.39, 0.29) is 23.6 Å². The third-order valence-electron chi connectivity index (χ3n) is 6.61. The average Bonchev–Trinajstić information content (AvgIpc) is 3.25. The van der Waals surface area contributed by atoms with Crippen molar-refractivity contribution in [2.24, 2.45) is 11.3 Å². The molecule has 2 saturated heterocycles. The van der Waals surface area contributed by atoms with Crippen molar-refractivity contribution >= 4 is 11.8 Å². The number of rotatable bonds is 5. The summed E-state index contributed by atoms with van der Waals surface area (Å²) >= 11 is 0. The molecular formula is C22H25FN4O3. The molecule has 3 atom stereocenters. The molecule has 2 aromatic rings. The molecule has 3 aliphatic rings. The third kappa shape index (κ3) is 3.49. The van der Waals surface area contributed by atoms with Crippen molar-refractivity contribution in [3.63, 3.8) is 0 Å². The van der Waals surface area contributed by atoms with Crippen LogP contribution in [0.5, 0.6) is 11.5 Å². The second-order valence-corrected chi connectivity index (χ2v) is 8.56. The highest BCUT2D eigenvalue weighted by Gasteiger charge is 2.47. The van der Waals surface area contributed by atoms with Crippen molar-refractivity contribution in [1.82, 2.24) is 15.3 Å². The van der Waals surface area contributed by atoms with E-state index in [0.717, 1.165) is 38.4 Å². The molecule has 1 saturated carbocycles. The van der Waals surface area contributed by atoms with Crippen LogP contribution in [0.15, 0.2) is 30.7 Å². The number of anilines is 1. The number of nitrogens with zero attached hydrogens (tertiary/aromatic N) is 3. The lowest BCUT2D eigenvalue weighted by molar-refractivity contribution is -0.142. The van der Waals surface area contributed by atoms with E-state index < -0.39 is 0 Å². The van der Waals surface area contributed by atoms with E-state index >= 15 is 0 Å². The van der Waals surface area contributed by atoms with Crippen molar-refractivity contribution in [2.75, 3.05) is 38.2 Å². The van der Waals surface area contributed by atoms with Gasteiger partial charge in [-0.1, -0.05) is 0 Å². The van der Waals surface area contributed by atoms with Crippen molar-refractivity contribution in [3.8, 4) is 11.5 Å². The number of aromatic nitrogens is 2. The Bertz CT molecular complexity index is 963. The zero-order valence-electron chi connectivity index (χ0n) is 16.9. The van der Waals surface area contributed by atoms with E-state index in [1.807, 2.05) is 0 Å². The van der Waals surface area contributed by atoms with Gasteiger partial charge in [-0.2, -0.15) is 0 Å². The van der Waals surface area contributed by atoms with Gasteiger partial charge in [-0.3, -0.25) is 4.79 Å². The number of ether oxygens (including phenoxy) is 2. The summed E-state index contributed by atoms with van der Waals surface area (Å²) in [6.07, 6.45) is 6.10. The fourth-order valence-electron chi connectivity index (χ4n) is 4.85. The molecule has 1 N–H and O–H groups in total. The van der Waals surface area contributed by atoms with Gasteiger partial charge in [-0.05, 0) is 44.0 Å². The molecule has 30 heavy (non-hydrogen) atoms. The molecular weight excluding hydrogens is 387 g/mol. The highest BCUT2D eigenvalue weighted by atomic mass is 19.1. The number of benzene rings is 1. The molecule has 1 spiro atoms. The monoisotopic (exact) mass is 412 g/mol. The van der Waals surface area contributed by atoms with Gasteiger partial charge in [0.25, 0.3) is 0 Å². The Balaban J connectivity index is 1.40. The molecule has 0 radical (unpaired) electrons. The number of nitrogens with one attached hydrogen (secondary N) is 1. The minimum absolute atomic E-state index is 0.101. The number of hydrogen-bond acceptors (Lipinski definition) is 7. The molecule has 8 heteroatoms. The first-order valence-electron chi connectivity index (χ1n) is 10.4. The Morgan fingerprint density at radius 2 is 2.23 bits per heavy atom. The zero-order chi connectivity index (χ0) is 20.7. The third-order valence-corrected chi connectivity index (χ3v) is 6.61. The summed E-state index contributed by atoms with van der Waals surface area (Å²) in [5, 5.41) is 3.47. The quantitative estimate of drug-likeness (QED) is 0.757. The Labute approximate surface area is 174 Å². The minimum Gasteiger partial charge on any atom is -0.469 e. The summed E-state index contributed by atoms with van der Waals surface area (Å²) in [6, 6.07) is 4.43. The molecule has 2 aliphatic heterocycles. The van der Waals surface area contributed by atoms with Crippen LogP contribution in [0.4, 0.5) is 10.2 Å². The molecule has 0 bridgehead atoms. The van der Waals surface area contributed by atoms with Gasteiger partial charge in [-0.15, -0.1) is 0 Å². The maximum absolute atomic E-state index is 14.0. The average molecular weight is 412 g/mol.